The smallest absolute Gasteiger partial charge is 0.170 e. The molecule has 2 aliphatic carbocycles. The van der Waals surface area contributed by atoms with Crippen LogP contribution in [0.25, 0.3) is 0 Å². The number of fused-ring (bicyclic) bond motifs is 3. The van der Waals surface area contributed by atoms with Gasteiger partial charge in [-0.1, -0.05) is 36.4 Å². The number of ether oxygens (including phenoxy) is 1. The number of ketones is 1. The summed E-state index contributed by atoms with van der Waals surface area (Å²) in [5, 5.41) is 125. The maximum atomic E-state index is 15.8. The first kappa shape index (κ1) is 42.7. The van der Waals surface area contributed by atoms with Crippen molar-refractivity contribution in [3.05, 3.63) is 212 Å². The molecule has 13 nitrogen and oxygen atoms in total. The molecule has 344 valence electrons. The molecule has 0 fully saturated rings. The van der Waals surface area contributed by atoms with E-state index in [0.717, 1.165) is 6.07 Å². The van der Waals surface area contributed by atoms with E-state index < -0.39 is 58.9 Å². The SMILES string of the molecule is O=C(c1ccc(O)cc1)[C@H]1c2c([C@H]3c4cc(O)cc5c4[C@H](c4cc(O)cc(O)c4[C@@H]3c3ccc(O)cc3)[C@@H](c3ccc(O)cc3)O5)c(O)cc(O)c2[C@@H](c2ccc(O)cc2)[C@@H]1c1cc(O)cc(O)c1. The number of rotatable bonds is 7. The summed E-state index contributed by atoms with van der Waals surface area (Å²) < 4.78 is 6.74. The number of benzene rings is 8. The number of phenols is 11. The highest BCUT2D eigenvalue weighted by atomic mass is 16.5. The van der Waals surface area contributed by atoms with E-state index in [1.807, 2.05) is 0 Å². The zero-order valence-electron chi connectivity index (χ0n) is 36.1. The Morgan fingerprint density at radius 2 is 0.797 bits per heavy atom. The van der Waals surface area contributed by atoms with Crippen LogP contribution in [0.1, 0.15) is 113 Å². The molecule has 0 saturated heterocycles. The summed E-state index contributed by atoms with van der Waals surface area (Å²) in [5.41, 5.74) is 3.85. The second-order valence-corrected chi connectivity index (χ2v) is 18.0. The van der Waals surface area contributed by atoms with Crippen molar-refractivity contribution in [2.45, 2.75) is 41.6 Å². The molecule has 0 bridgehead atoms. The van der Waals surface area contributed by atoms with Gasteiger partial charge in [0.1, 0.15) is 75.1 Å². The van der Waals surface area contributed by atoms with Crippen LogP contribution in [0.3, 0.4) is 0 Å². The Hall–Kier alpha value is -8.97. The van der Waals surface area contributed by atoms with E-state index in [-0.39, 0.29) is 90.9 Å². The zero-order chi connectivity index (χ0) is 48.2. The van der Waals surface area contributed by atoms with Gasteiger partial charge in [-0.25, -0.2) is 0 Å². The minimum atomic E-state index is -1.38. The number of aromatic hydroxyl groups is 11. The Labute approximate surface area is 393 Å². The molecule has 8 aromatic carbocycles. The van der Waals surface area contributed by atoms with Gasteiger partial charge in [0, 0.05) is 75.8 Å². The third-order valence-electron chi connectivity index (χ3n) is 14.0. The van der Waals surface area contributed by atoms with E-state index in [1.165, 1.54) is 103 Å². The number of phenolic OH excluding ortho intramolecular Hbond substituents is 11. The van der Waals surface area contributed by atoms with Gasteiger partial charge in [-0.2, -0.15) is 0 Å². The molecular formula is C56H42O13. The third-order valence-corrected chi connectivity index (χ3v) is 14.0. The minimum Gasteiger partial charge on any atom is -0.508 e. The second kappa shape index (κ2) is 15.8. The van der Waals surface area contributed by atoms with Gasteiger partial charge in [-0.15, -0.1) is 0 Å². The molecular weight excluding hydrogens is 881 g/mol. The Morgan fingerprint density at radius 1 is 0.348 bits per heavy atom. The van der Waals surface area contributed by atoms with Crippen molar-refractivity contribution >= 4 is 5.78 Å². The summed E-state index contributed by atoms with van der Waals surface area (Å²) in [6.45, 7) is 0. The lowest BCUT2D eigenvalue weighted by molar-refractivity contribution is 0.0948. The first-order chi connectivity index (χ1) is 33.1. The fraction of sp³-hybridized carbons (Fsp3) is 0.125. The van der Waals surface area contributed by atoms with Crippen molar-refractivity contribution in [1.82, 2.24) is 0 Å². The van der Waals surface area contributed by atoms with Crippen molar-refractivity contribution in [2.75, 3.05) is 0 Å². The molecule has 1 heterocycles. The highest BCUT2D eigenvalue weighted by molar-refractivity contribution is 6.03. The maximum absolute atomic E-state index is 15.8. The number of carbonyl (C=O) groups excluding carboxylic acids is 1. The summed E-state index contributed by atoms with van der Waals surface area (Å²) in [7, 11) is 0. The molecule has 0 unspecified atom stereocenters. The van der Waals surface area contributed by atoms with Crippen molar-refractivity contribution in [1.29, 1.82) is 0 Å². The average Bonchev–Trinajstić information content (AvgIpc) is 3.83. The quantitative estimate of drug-likeness (QED) is 0.0667. The van der Waals surface area contributed by atoms with Crippen LogP contribution in [0.2, 0.25) is 0 Å². The zero-order valence-corrected chi connectivity index (χ0v) is 36.1. The van der Waals surface area contributed by atoms with Crippen LogP contribution >= 0.6 is 0 Å². The fourth-order valence-corrected chi connectivity index (χ4v) is 11.5. The standard InChI is InChI=1S/C56H42O13/c57-30-9-1-25(2-10-30)44-46(29-17-34(61)19-35(62)18-29)54(55(68)27-5-13-32(59)14-6-27)53-51(44)41(66)24-42(67)52(53)49-39-21-37(64)23-43-48(39)50(56(69-43)28-7-15-33(60)16-8-28)38-20-36(63)22-40(65)47(38)45(49)26-3-11-31(58)12-4-26/h1-24,44-46,49-50,54,56-67H/t44-,45-,46-,49-,50-,54+,56+/m0/s1. The average molecular weight is 923 g/mol. The van der Waals surface area contributed by atoms with Crippen LogP contribution < -0.4 is 4.74 Å². The monoisotopic (exact) mass is 922 g/mol. The molecule has 13 heteroatoms. The predicted octanol–water partition coefficient (Wildman–Crippen LogP) is 9.89. The molecule has 11 rings (SSSR count). The van der Waals surface area contributed by atoms with Gasteiger partial charge in [0.2, 0.25) is 0 Å². The van der Waals surface area contributed by atoms with E-state index >= 15 is 4.79 Å². The van der Waals surface area contributed by atoms with Crippen LogP contribution in [0.15, 0.2) is 146 Å². The van der Waals surface area contributed by atoms with Gasteiger partial charge in [0.25, 0.3) is 0 Å². The molecule has 0 aromatic heterocycles. The summed E-state index contributed by atoms with van der Waals surface area (Å²) in [6, 6.07) is 35.0. The molecule has 0 radical (unpaired) electrons. The van der Waals surface area contributed by atoms with Crippen molar-refractivity contribution in [3.8, 4) is 69.0 Å². The molecule has 8 aromatic rings. The fourth-order valence-electron chi connectivity index (χ4n) is 11.5. The number of hydrogen-bond donors (Lipinski definition) is 11. The summed E-state index contributed by atoms with van der Waals surface area (Å²) in [6.07, 6.45) is -0.884. The first-order valence-corrected chi connectivity index (χ1v) is 22.1. The number of carbonyl (C=O) groups is 1. The molecule has 7 atom stereocenters. The van der Waals surface area contributed by atoms with Crippen LogP contribution in [-0.4, -0.2) is 62.0 Å². The molecule has 0 saturated carbocycles. The lowest BCUT2D eigenvalue weighted by atomic mass is 9.69. The van der Waals surface area contributed by atoms with Crippen LogP contribution in [0, 0.1) is 0 Å². The van der Waals surface area contributed by atoms with E-state index in [2.05, 4.69) is 0 Å². The maximum Gasteiger partial charge on any atom is 0.170 e. The molecule has 69 heavy (non-hydrogen) atoms. The summed E-state index contributed by atoms with van der Waals surface area (Å²) in [5.74, 6) is -9.65. The largest absolute Gasteiger partial charge is 0.508 e. The molecule has 11 N–H and O–H groups in total. The molecule has 3 aliphatic rings. The van der Waals surface area contributed by atoms with Crippen molar-refractivity contribution < 1.29 is 65.7 Å². The van der Waals surface area contributed by atoms with Gasteiger partial charge in [-0.05, 0) is 124 Å². The van der Waals surface area contributed by atoms with E-state index in [1.54, 1.807) is 36.4 Å². The molecule has 0 amide bonds. The van der Waals surface area contributed by atoms with E-state index in [4.69, 9.17) is 4.74 Å². The number of hydrogen-bond acceptors (Lipinski definition) is 13. The van der Waals surface area contributed by atoms with Crippen molar-refractivity contribution in [2.24, 2.45) is 0 Å². The molecule has 0 spiro atoms. The van der Waals surface area contributed by atoms with Gasteiger partial charge in [0.15, 0.2) is 5.78 Å². The lowest BCUT2D eigenvalue weighted by Crippen LogP contribution is -2.22. The predicted molar refractivity (Wildman–Crippen MR) is 250 cm³/mol. The Morgan fingerprint density at radius 3 is 1.36 bits per heavy atom. The summed E-state index contributed by atoms with van der Waals surface area (Å²) in [4.78, 5) is 15.8. The van der Waals surface area contributed by atoms with E-state index in [9.17, 15) is 56.2 Å². The normalized spacial score (nSPS) is 20.8. The van der Waals surface area contributed by atoms with Crippen LogP contribution in [-0.2, 0) is 0 Å². The second-order valence-electron chi connectivity index (χ2n) is 18.0. The first-order valence-electron chi connectivity index (χ1n) is 22.1. The van der Waals surface area contributed by atoms with Gasteiger partial charge in [0.05, 0.1) is 11.8 Å². The van der Waals surface area contributed by atoms with Gasteiger partial charge >= 0.3 is 0 Å². The third kappa shape index (κ3) is 6.88. The summed E-state index contributed by atoms with van der Waals surface area (Å²) >= 11 is 0. The highest BCUT2D eigenvalue weighted by Crippen LogP contribution is 2.67. The van der Waals surface area contributed by atoms with Crippen LogP contribution in [0.5, 0.6) is 69.0 Å². The van der Waals surface area contributed by atoms with Crippen LogP contribution in [0.4, 0.5) is 0 Å². The van der Waals surface area contributed by atoms with E-state index in [0.29, 0.717) is 33.4 Å². The van der Waals surface area contributed by atoms with Gasteiger partial charge < -0.3 is 60.9 Å². The Balaban J connectivity index is 1.30. The highest BCUT2D eigenvalue weighted by Gasteiger charge is 2.54. The van der Waals surface area contributed by atoms with Crippen molar-refractivity contribution in [3.63, 3.8) is 0 Å². The number of Topliss-reactive ketones (excluding diaryl/α,β-unsaturated/α-hetero) is 1. The molecule has 1 aliphatic heterocycles. The van der Waals surface area contributed by atoms with Gasteiger partial charge in [-0.3, -0.25) is 4.79 Å². The Kier molecular flexibility index (Phi) is 9.79. The lowest BCUT2D eigenvalue weighted by Gasteiger charge is -2.33. The Bertz CT molecular complexity index is 3350. The topological polar surface area (TPSA) is 249 Å². The minimum absolute atomic E-state index is 0.00508.